The van der Waals surface area contributed by atoms with Crippen LogP contribution >= 0.6 is 0 Å². The zero-order valence-electron chi connectivity index (χ0n) is 9.99. The number of ether oxygens (including phenoxy) is 1. The van der Waals surface area contributed by atoms with Crippen LogP contribution in [0.1, 0.15) is 11.3 Å². The molecule has 0 amide bonds. The van der Waals surface area contributed by atoms with Crippen molar-refractivity contribution in [2.24, 2.45) is 0 Å². The minimum Gasteiger partial charge on any atom is -0.508 e. The summed E-state index contributed by atoms with van der Waals surface area (Å²) in [6, 6.07) is 4.90. The molecular weight excluding hydrogens is 232 g/mol. The highest BCUT2D eigenvalue weighted by Crippen LogP contribution is 2.29. The normalized spacial score (nSPS) is 18.6. The quantitative estimate of drug-likeness (QED) is 0.658. The van der Waals surface area contributed by atoms with E-state index in [1.54, 1.807) is 12.1 Å². The fourth-order valence-corrected chi connectivity index (χ4v) is 2.49. The molecule has 0 bridgehead atoms. The van der Waals surface area contributed by atoms with Gasteiger partial charge >= 0.3 is 5.97 Å². The van der Waals surface area contributed by atoms with Gasteiger partial charge in [0.25, 0.3) is 0 Å². The lowest BCUT2D eigenvalue weighted by molar-refractivity contribution is -0.143. The number of methoxy groups -OCH3 is 1. The van der Waals surface area contributed by atoms with Gasteiger partial charge in [0.05, 0.1) is 7.11 Å². The molecule has 1 aromatic carbocycles. The molecular formula is C13H14N2O3. The topological polar surface area (TPSA) is 74.4 Å². The van der Waals surface area contributed by atoms with Crippen LogP contribution in [0.4, 0.5) is 0 Å². The first-order valence-corrected chi connectivity index (χ1v) is 5.82. The number of aromatic amines is 1. The number of rotatable bonds is 1. The zero-order chi connectivity index (χ0) is 12.7. The van der Waals surface area contributed by atoms with E-state index in [2.05, 4.69) is 10.3 Å². The third-order valence-electron chi connectivity index (χ3n) is 3.40. The second-order valence-corrected chi connectivity index (χ2v) is 4.47. The van der Waals surface area contributed by atoms with Crippen molar-refractivity contribution >= 4 is 16.9 Å². The number of carbonyl (C=O) groups is 1. The predicted octanol–water partition coefficient (Wildman–Crippen LogP) is 1.06. The zero-order valence-corrected chi connectivity index (χ0v) is 9.99. The Morgan fingerprint density at radius 2 is 2.33 bits per heavy atom. The van der Waals surface area contributed by atoms with Gasteiger partial charge in [0.2, 0.25) is 0 Å². The molecule has 3 N–H and O–H groups in total. The summed E-state index contributed by atoms with van der Waals surface area (Å²) in [6.45, 7) is 0.602. The molecule has 0 saturated carbocycles. The van der Waals surface area contributed by atoms with Crippen molar-refractivity contribution in [1.29, 1.82) is 0 Å². The van der Waals surface area contributed by atoms with Crippen LogP contribution in [0.15, 0.2) is 18.2 Å². The summed E-state index contributed by atoms with van der Waals surface area (Å²) in [6.07, 6.45) is 0.575. The van der Waals surface area contributed by atoms with E-state index in [-0.39, 0.29) is 17.8 Å². The van der Waals surface area contributed by atoms with Gasteiger partial charge in [-0.25, -0.2) is 0 Å². The Hall–Kier alpha value is -2.01. The summed E-state index contributed by atoms with van der Waals surface area (Å²) in [5.74, 6) is -0.0207. The third kappa shape index (κ3) is 1.64. The SMILES string of the molecule is COC(=O)[C@@H]1Cc2c([nH]c3ccc(O)cc23)CN1. The number of H-pyrrole nitrogens is 1. The lowest BCUT2D eigenvalue weighted by Crippen LogP contribution is -2.42. The third-order valence-corrected chi connectivity index (χ3v) is 3.40. The molecule has 3 rings (SSSR count). The van der Waals surface area contributed by atoms with E-state index < -0.39 is 0 Å². The number of esters is 1. The second kappa shape index (κ2) is 4.03. The van der Waals surface area contributed by atoms with Crippen LogP contribution in [0, 0.1) is 0 Å². The average Bonchev–Trinajstić information content (AvgIpc) is 2.75. The van der Waals surface area contributed by atoms with Gasteiger partial charge in [-0.3, -0.25) is 10.1 Å². The Bertz CT molecular complexity index is 618. The number of carbonyl (C=O) groups excluding carboxylic acids is 1. The Labute approximate surface area is 104 Å². The lowest BCUT2D eigenvalue weighted by Gasteiger charge is -2.21. The molecule has 1 atom stereocenters. The minimum absolute atomic E-state index is 0.234. The predicted molar refractivity (Wildman–Crippen MR) is 66.3 cm³/mol. The van der Waals surface area contributed by atoms with Crippen LogP contribution in [-0.4, -0.2) is 29.2 Å². The first-order chi connectivity index (χ1) is 8.69. The molecule has 18 heavy (non-hydrogen) atoms. The molecule has 0 fully saturated rings. The monoisotopic (exact) mass is 246 g/mol. The van der Waals surface area contributed by atoms with Gasteiger partial charge in [0.15, 0.2) is 0 Å². The molecule has 1 aliphatic rings. The van der Waals surface area contributed by atoms with E-state index in [9.17, 15) is 9.90 Å². The molecule has 0 aliphatic carbocycles. The van der Waals surface area contributed by atoms with Gasteiger partial charge in [-0.2, -0.15) is 0 Å². The molecule has 5 nitrogen and oxygen atoms in total. The average molecular weight is 246 g/mol. The highest BCUT2D eigenvalue weighted by molar-refractivity contribution is 5.87. The summed E-state index contributed by atoms with van der Waals surface area (Å²) >= 11 is 0. The minimum atomic E-state index is -0.316. The molecule has 2 aromatic rings. The molecule has 2 heterocycles. The maximum atomic E-state index is 11.6. The smallest absolute Gasteiger partial charge is 0.323 e. The van der Waals surface area contributed by atoms with Gasteiger partial charge in [0.1, 0.15) is 11.8 Å². The van der Waals surface area contributed by atoms with Crippen LogP contribution < -0.4 is 5.32 Å². The highest BCUT2D eigenvalue weighted by atomic mass is 16.5. The van der Waals surface area contributed by atoms with Crippen molar-refractivity contribution in [2.45, 2.75) is 19.0 Å². The van der Waals surface area contributed by atoms with Crippen molar-refractivity contribution in [3.05, 3.63) is 29.5 Å². The number of fused-ring (bicyclic) bond motifs is 3. The summed E-state index contributed by atoms with van der Waals surface area (Å²) in [7, 11) is 1.39. The number of hydrogen-bond acceptors (Lipinski definition) is 4. The van der Waals surface area contributed by atoms with E-state index in [4.69, 9.17) is 4.74 Å². The molecule has 0 radical (unpaired) electrons. The molecule has 0 unspecified atom stereocenters. The van der Waals surface area contributed by atoms with E-state index in [1.807, 2.05) is 6.07 Å². The summed E-state index contributed by atoms with van der Waals surface area (Å²) in [5.41, 5.74) is 3.12. The standard InChI is InChI=1S/C13H14N2O3/c1-18-13(17)11-5-9-8-4-7(16)2-3-10(8)15-12(9)6-14-11/h2-4,11,14-16H,5-6H2,1H3/t11-/m0/s1. The van der Waals surface area contributed by atoms with E-state index in [0.717, 1.165) is 22.2 Å². The first-order valence-electron chi connectivity index (χ1n) is 5.82. The van der Waals surface area contributed by atoms with Crippen molar-refractivity contribution in [3.63, 3.8) is 0 Å². The highest BCUT2D eigenvalue weighted by Gasteiger charge is 2.27. The Morgan fingerprint density at radius 1 is 1.50 bits per heavy atom. The molecule has 94 valence electrons. The first kappa shape index (κ1) is 11.1. The van der Waals surface area contributed by atoms with E-state index >= 15 is 0 Å². The summed E-state index contributed by atoms with van der Waals surface area (Å²) in [5, 5.41) is 13.7. The second-order valence-electron chi connectivity index (χ2n) is 4.47. The maximum Gasteiger partial charge on any atom is 0.323 e. The van der Waals surface area contributed by atoms with Crippen LogP contribution in [0.5, 0.6) is 5.75 Å². The molecule has 0 saturated heterocycles. The summed E-state index contributed by atoms with van der Waals surface area (Å²) in [4.78, 5) is 14.9. The van der Waals surface area contributed by atoms with E-state index in [0.29, 0.717) is 13.0 Å². The Morgan fingerprint density at radius 3 is 3.11 bits per heavy atom. The van der Waals surface area contributed by atoms with Crippen LogP contribution in [-0.2, 0) is 22.5 Å². The van der Waals surface area contributed by atoms with Crippen LogP contribution in [0.25, 0.3) is 10.9 Å². The van der Waals surface area contributed by atoms with Gasteiger partial charge in [-0.1, -0.05) is 0 Å². The fraction of sp³-hybridized carbons (Fsp3) is 0.308. The lowest BCUT2D eigenvalue weighted by atomic mass is 9.98. The summed E-state index contributed by atoms with van der Waals surface area (Å²) < 4.78 is 4.76. The number of phenols is 1. The Balaban J connectivity index is 2.05. The number of aromatic hydroxyl groups is 1. The largest absolute Gasteiger partial charge is 0.508 e. The molecule has 0 spiro atoms. The van der Waals surface area contributed by atoms with Crippen molar-refractivity contribution in [1.82, 2.24) is 10.3 Å². The fourth-order valence-electron chi connectivity index (χ4n) is 2.49. The van der Waals surface area contributed by atoms with Crippen molar-refractivity contribution in [3.8, 4) is 5.75 Å². The van der Waals surface area contributed by atoms with Gasteiger partial charge in [-0.05, 0) is 23.8 Å². The van der Waals surface area contributed by atoms with E-state index in [1.165, 1.54) is 7.11 Å². The molecule has 1 aliphatic heterocycles. The van der Waals surface area contributed by atoms with Crippen LogP contribution in [0.3, 0.4) is 0 Å². The Kier molecular flexibility index (Phi) is 2.48. The van der Waals surface area contributed by atoms with Gasteiger partial charge < -0.3 is 14.8 Å². The molecule has 5 heteroatoms. The number of phenolic OH excluding ortho intramolecular Hbond substituents is 1. The number of nitrogens with one attached hydrogen (secondary N) is 2. The maximum absolute atomic E-state index is 11.6. The van der Waals surface area contributed by atoms with Crippen molar-refractivity contribution in [2.75, 3.05) is 7.11 Å². The van der Waals surface area contributed by atoms with Gasteiger partial charge in [0, 0.05) is 29.6 Å². The molecule has 1 aromatic heterocycles. The van der Waals surface area contributed by atoms with Crippen molar-refractivity contribution < 1.29 is 14.6 Å². The van der Waals surface area contributed by atoms with Gasteiger partial charge in [-0.15, -0.1) is 0 Å². The van der Waals surface area contributed by atoms with Crippen LogP contribution in [0.2, 0.25) is 0 Å². The number of aromatic nitrogens is 1. The number of hydrogen-bond donors (Lipinski definition) is 3. The number of benzene rings is 1.